The van der Waals surface area contributed by atoms with E-state index in [4.69, 9.17) is 16.3 Å². The first-order valence-electron chi connectivity index (χ1n) is 6.86. The average Bonchev–Trinajstić information content (AvgIpc) is 2.40. The van der Waals surface area contributed by atoms with Crippen molar-refractivity contribution >= 4 is 11.6 Å². The Hall–Kier alpha value is -1.58. The van der Waals surface area contributed by atoms with Crippen molar-refractivity contribution in [2.75, 3.05) is 0 Å². The van der Waals surface area contributed by atoms with E-state index in [2.05, 4.69) is 25.8 Å². The highest BCUT2D eigenvalue weighted by Crippen LogP contribution is 2.29. The zero-order valence-corrected chi connectivity index (χ0v) is 13.5. The number of aliphatic hydroxyl groups excluding tert-OH is 1. The van der Waals surface area contributed by atoms with E-state index >= 15 is 0 Å². The molecule has 2 rings (SSSR count). The predicted molar refractivity (Wildman–Crippen MR) is 85.1 cm³/mol. The van der Waals surface area contributed by atoms with Crippen molar-refractivity contribution in [1.29, 1.82) is 0 Å². The van der Waals surface area contributed by atoms with Gasteiger partial charge in [-0.3, -0.25) is 0 Å². The van der Waals surface area contributed by atoms with Gasteiger partial charge >= 0.3 is 0 Å². The largest absolute Gasteiger partial charge is 0.439 e. The van der Waals surface area contributed by atoms with E-state index in [9.17, 15) is 5.11 Å². The minimum atomic E-state index is -0.113. The van der Waals surface area contributed by atoms with Crippen LogP contribution in [0.2, 0.25) is 5.02 Å². The van der Waals surface area contributed by atoms with E-state index < -0.39 is 0 Å². The van der Waals surface area contributed by atoms with Gasteiger partial charge in [-0.1, -0.05) is 32.4 Å². The van der Waals surface area contributed by atoms with Crippen LogP contribution in [0.4, 0.5) is 0 Å². The minimum Gasteiger partial charge on any atom is -0.439 e. The highest BCUT2D eigenvalue weighted by Gasteiger charge is 2.18. The molecule has 1 heterocycles. The van der Waals surface area contributed by atoms with Gasteiger partial charge in [0.15, 0.2) is 0 Å². The van der Waals surface area contributed by atoms with E-state index in [-0.39, 0.29) is 12.0 Å². The highest BCUT2D eigenvalue weighted by atomic mass is 35.5. The van der Waals surface area contributed by atoms with Gasteiger partial charge in [0.1, 0.15) is 5.75 Å². The Balaban J connectivity index is 2.39. The summed E-state index contributed by atoms with van der Waals surface area (Å²) in [4.78, 5) is 4.55. The van der Waals surface area contributed by atoms with Crippen LogP contribution in [0.3, 0.4) is 0 Å². The third-order valence-electron chi connectivity index (χ3n) is 3.16. The summed E-state index contributed by atoms with van der Waals surface area (Å²) in [6.45, 7) is 8.12. The fourth-order valence-corrected chi connectivity index (χ4v) is 2.15. The van der Waals surface area contributed by atoms with E-state index in [0.29, 0.717) is 16.7 Å². The molecule has 0 unspecified atom stereocenters. The maximum absolute atomic E-state index is 9.41. The normalized spacial score (nSPS) is 11.5. The highest BCUT2D eigenvalue weighted by molar-refractivity contribution is 6.30. The number of ether oxygens (including phenoxy) is 1. The lowest BCUT2D eigenvalue weighted by Crippen LogP contribution is -2.14. The topological polar surface area (TPSA) is 42.4 Å². The van der Waals surface area contributed by atoms with Crippen LogP contribution in [0, 0.1) is 6.92 Å². The molecule has 112 valence electrons. The van der Waals surface area contributed by atoms with Crippen molar-refractivity contribution in [3.63, 3.8) is 0 Å². The van der Waals surface area contributed by atoms with E-state index in [0.717, 1.165) is 16.8 Å². The number of halogens is 1. The van der Waals surface area contributed by atoms with Crippen LogP contribution in [0.1, 0.15) is 37.6 Å². The molecule has 4 heteroatoms. The maximum atomic E-state index is 9.41. The maximum Gasteiger partial charge on any atom is 0.219 e. The Morgan fingerprint density at radius 2 is 1.90 bits per heavy atom. The van der Waals surface area contributed by atoms with Crippen LogP contribution in [0.5, 0.6) is 11.6 Å². The smallest absolute Gasteiger partial charge is 0.219 e. The number of pyridine rings is 1. The molecule has 0 aliphatic rings. The molecular formula is C17H20ClNO2. The molecule has 0 aliphatic carbocycles. The summed E-state index contributed by atoms with van der Waals surface area (Å²) in [5.41, 5.74) is 2.50. The first-order chi connectivity index (χ1) is 9.79. The molecule has 1 N–H and O–H groups in total. The molecule has 0 fully saturated rings. The summed E-state index contributed by atoms with van der Waals surface area (Å²) in [6.07, 6.45) is 0. The Bertz CT molecular complexity index is 648. The number of rotatable bonds is 3. The lowest BCUT2D eigenvalue weighted by molar-refractivity contribution is 0.280. The van der Waals surface area contributed by atoms with Crippen molar-refractivity contribution in [3.8, 4) is 11.6 Å². The quantitative estimate of drug-likeness (QED) is 0.899. The molecule has 1 aromatic heterocycles. The third kappa shape index (κ3) is 3.96. The molecule has 0 amide bonds. The second kappa shape index (κ2) is 6.04. The second-order valence-electron chi connectivity index (χ2n) is 6.12. The fourth-order valence-electron chi connectivity index (χ4n) is 1.93. The van der Waals surface area contributed by atoms with E-state index in [1.165, 1.54) is 0 Å². The van der Waals surface area contributed by atoms with Gasteiger partial charge in [0.05, 0.1) is 12.3 Å². The molecular weight excluding hydrogens is 286 g/mol. The average molecular weight is 306 g/mol. The van der Waals surface area contributed by atoms with Crippen LogP contribution in [-0.4, -0.2) is 10.1 Å². The van der Waals surface area contributed by atoms with Crippen molar-refractivity contribution in [3.05, 3.63) is 52.2 Å². The molecule has 0 bridgehead atoms. The summed E-state index contributed by atoms with van der Waals surface area (Å²) in [6, 6.07) is 9.11. The van der Waals surface area contributed by atoms with Crippen LogP contribution in [0.25, 0.3) is 0 Å². The minimum absolute atomic E-state index is 0.0401. The van der Waals surface area contributed by atoms with Crippen LogP contribution in [0.15, 0.2) is 30.3 Å². The van der Waals surface area contributed by atoms with Crippen LogP contribution in [-0.2, 0) is 12.0 Å². The van der Waals surface area contributed by atoms with Crippen molar-refractivity contribution in [1.82, 2.24) is 4.98 Å². The summed E-state index contributed by atoms with van der Waals surface area (Å²) in [5.74, 6) is 1.19. The molecule has 1 aromatic carbocycles. The zero-order chi connectivity index (χ0) is 15.6. The Morgan fingerprint density at radius 1 is 1.19 bits per heavy atom. The molecule has 0 spiro atoms. The van der Waals surface area contributed by atoms with Gasteiger partial charge in [0, 0.05) is 16.5 Å². The van der Waals surface area contributed by atoms with Gasteiger partial charge in [0.2, 0.25) is 5.88 Å². The van der Waals surface area contributed by atoms with Crippen molar-refractivity contribution in [2.24, 2.45) is 0 Å². The number of hydrogen-bond acceptors (Lipinski definition) is 3. The number of nitrogens with zero attached hydrogens (tertiary/aromatic N) is 1. The molecule has 0 saturated heterocycles. The van der Waals surface area contributed by atoms with E-state index in [1.807, 2.05) is 25.1 Å². The Morgan fingerprint density at radius 3 is 2.48 bits per heavy atom. The molecule has 2 aromatic rings. The lowest BCUT2D eigenvalue weighted by Gasteiger charge is -2.20. The van der Waals surface area contributed by atoms with Gasteiger partial charge in [-0.2, -0.15) is 0 Å². The summed E-state index contributed by atoms with van der Waals surface area (Å²) in [5, 5.41) is 10.1. The second-order valence-corrected chi connectivity index (χ2v) is 6.56. The molecule has 0 aliphatic heterocycles. The zero-order valence-electron chi connectivity index (χ0n) is 12.8. The molecule has 0 saturated carbocycles. The van der Waals surface area contributed by atoms with Crippen LogP contribution >= 0.6 is 11.6 Å². The number of aliphatic hydroxyl groups is 1. The predicted octanol–water partition coefficient (Wildman–Crippen LogP) is 4.63. The third-order valence-corrected chi connectivity index (χ3v) is 3.40. The number of hydrogen-bond donors (Lipinski definition) is 1. The first-order valence-corrected chi connectivity index (χ1v) is 7.23. The summed E-state index contributed by atoms with van der Waals surface area (Å²) in [7, 11) is 0. The molecule has 0 radical (unpaired) electrons. The summed E-state index contributed by atoms with van der Waals surface area (Å²) < 4.78 is 5.86. The van der Waals surface area contributed by atoms with Crippen LogP contribution < -0.4 is 4.74 Å². The van der Waals surface area contributed by atoms with Gasteiger partial charge < -0.3 is 9.84 Å². The SMILES string of the molecule is Cc1cc(Cl)ccc1Oc1cc(CO)cc(C(C)(C)C)n1. The van der Waals surface area contributed by atoms with Crippen molar-refractivity contribution in [2.45, 2.75) is 39.7 Å². The van der Waals surface area contributed by atoms with E-state index in [1.54, 1.807) is 12.1 Å². The first kappa shape index (κ1) is 15.8. The number of aromatic nitrogens is 1. The fraction of sp³-hybridized carbons (Fsp3) is 0.353. The molecule has 3 nitrogen and oxygen atoms in total. The Kier molecular flexibility index (Phi) is 4.55. The van der Waals surface area contributed by atoms with Gasteiger partial charge in [0.25, 0.3) is 0 Å². The molecule has 0 atom stereocenters. The lowest BCUT2D eigenvalue weighted by atomic mass is 9.91. The monoisotopic (exact) mass is 305 g/mol. The number of benzene rings is 1. The molecule has 21 heavy (non-hydrogen) atoms. The Labute approximate surface area is 130 Å². The van der Waals surface area contributed by atoms with Gasteiger partial charge in [-0.15, -0.1) is 0 Å². The van der Waals surface area contributed by atoms with Gasteiger partial charge in [-0.05, 0) is 42.3 Å². The van der Waals surface area contributed by atoms with Crippen molar-refractivity contribution < 1.29 is 9.84 Å². The van der Waals surface area contributed by atoms with Gasteiger partial charge in [-0.25, -0.2) is 4.98 Å². The summed E-state index contributed by atoms with van der Waals surface area (Å²) >= 11 is 5.95. The standard InChI is InChI=1S/C17H20ClNO2/c1-11-7-13(18)5-6-14(11)21-16-9-12(10-20)8-15(19-16)17(2,3)4/h5-9,20H,10H2,1-4H3. The number of aryl methyl sites for hydroxylation is 1.